The Bertz CT molecular complexity index is 1210. The van der Waals surface area contributed by atoms with Crippen LogP contribution in [0.3, 0.4) is 0 Å². The number of benzene rings is 1. The lowest BCUT2D eigenvalue weighted by Crippen LogP contribution is -2.24. The first-order chi connectivity index (χ1) is 13.7. The van der Waals surface area contributed by atoms with Gasteiger partial charge in [0.15, 0.2) is 5.65 Å². The molecular weight excluding hydrogens is 352 g/mol. The summed E-state index contributed by atoms with van der Waals surface area (Å²) in [6.07, 6.45) is 5.31. The van der Waals surface area contributed by atoms with Crippen molar-refractivity contribution in [2.45, 2.75) is 32.7 Å². The zero-order chi connectivity index (χ0) is 19.5. The number of hydrogen-bond donors (Lipinski definition) is 1. The topological polar surface area (TPSA) is 68.4 Å². The molecular formula is C22H22N4O2. The SMILES string of the molecule is CCc1ccccc1NC(=O)CCCn1c(=O)c2cccn2c2cccnc21. The first kappa shape index (κ1) is 18.0. The standard InChI is InChI=1S/C22H22N4O2/c1-2-16-8-3-4-9-17(16)24-20(27)12-7-15-26-21-18(10-5-13-23-21)25-14-6-11-19(25)22(26)28/h3-6,8-11,13-14H,2,7,12,15H2,1H3,(H,24,27). The number of aryl methyl sites for hydroxylation is 2. The van der Waals surface area contributed by atoms with Crippen molar-refractivity contribution in [2.75, 3.05) is 5.32 Å². The van der Waals surface area contributed by atoms with Crippen LogP contribution < -0.4 is 10.9 Å². The van der Waals surface area contributed by atoms with E-state index in [4.69, 9.17) is 0 Å². The predicted molar refractivity (Wildman–Crippen MR) is 111 cm³/mol. The number of carbonyl (C=O) groups excluding carboxylic acids is 1. The molecule has 0 spiro atoms. The summed E-state index contributed by atoms with van der Waals surface area (Å²) in [5, 5.41) is 2.98. The Morgan fingerprint density at radius 1 is 1.07 bits per heavy atom. The second kappa shape index (κ2) is 7.68. The molecule has 6 nitrogen and oxygen atoms in total. The summed E-state index contributed by atoms with van der Waals surface area (Å²) in [5.41, 5.74) is 4.00. The molecule has 0 bridgehead atoms. The number of anilines is 1. The summed E-state index contributed by atoms with van der Waals surface area (Å²) in [6, 6.07) is 15.3. The average molecular weight is 374 g/mol. The minimum Gasteiger partial charge on any atom is -0.326 e. The number of carbonyl (C=O) groups is 1. The number of nitrogens with zero attached hydrogens (tertiary/aromatic N) is 3. The van der Waals surface area contributed by atoms with Gasteiger partial charge in [-0.2, -0.15) is 0 Å². The molecule has 4 rings (SSSR count). The zero-order valence-corrected chi connectivity index (χ0v) is 15.8. The van der Waals surface area contributed by atoms with Crippen molar-refractivity contribution in [1.29, 1.82) is 0 Å². The van der Waals surface area contributed by atoms with Crippen molar-refractivity contribution < 1.29 is 4.79 Å². The Hall–Kier alpha value is -3.41. The fourth-order valence-electron chi connectivity index (χ4n) is 3.55. The van der Waals surface area contributed by atoms with Crippen LogP contribution in [0, 0.1) is 0 Å². The second-order valence-electron chi connectivity index (χ2n) is 6.73. The Morgan fingerprint density at radius 3 is 2.75 bits per heavy atom. The van der Waals surface area contributed by atoms with Gasteiger partial charge < -0.3 is 9.72 Å². The highest BCUT2D eigenvalue weighted by molar-refractivity contribution is 5.91. The molecule has 3 aromatic heterocycles. The number of rotatable bonds is 6. The van der Waals surface area contributed by atoms with Crippen LogP contribution in [-0.4, -0.2) is 19.9 Å². The van der Waals surface area contributed by atoms with E-state index in [1.54, 1.807) is 16.8 Å². The molecule has 0 radical (unpaired) electrons. The maximum Gasteiger partial charge on any atom is 0.276 e. The van der Waals surface area contributed by atoms with Crippen LogP contribution in [0.5, 0.6) is 0 Å². The van der Waals surface area contributed by atoms with Gasteiger partial charge in [0.25, 0.3) is 5.56 Å². The molecule has 3 heterocycles. The third kappa shape index (κ3) is 3.29. The molecule has 0 atom stereocenters. The van der Waals surface area contributed by atoms with Crippen LogP contribution >= 0.6 is 0 Å². The van der Waals surface area contributed by atoms with Crippen LogP contribution in [-0.2, 0) is 17.8 Å². The Balaban J connectivity index is 1.52. The summed E-state index contributed by atoms with van der Waals surface area (Å²) >= 11 is 0. The number of nitrogens with one attached hydrogen (secondary N) is 1. The molecule has 28 heavy (non-hydrogen) atoms. The molecule has 0 aliphatic heterocycles. The maximum atomic E-state index is 12.9. The van der Waals surface area contributed by atoms with Crippen LogP contribution in [0.25, 0.3) is 16.7 Å². The van der Waals surface area contributed by atoms with E-state index in [-0.39, 0.29) is 11.5 Å². The highest BCUT2D eigenvalue weighted by Crippen LogP contribution is 2.16. The average Bonchev–Trinajstić information content (AvgIpc) is 3.21. The van der Waals surface area contributed by atoms with E-state index in [1.807, 2.05) is 53.1 Å². The molecule has 0 saturated carbocycles. The molecule has 0 aliphatic carbocycles. The number of pyridine rings is 1. The number of para-hydroxylation sites is 1. The number of hydrogen-bond acceptors (Lipinski definition) is 3. The summed E-state index contributed by atoms with van der Waals surface area (Å²) < 4.78 is 3.52. The van der Waals surface area contributed by atoms with Crippen molar-refractivity contribution in [3.8, 4) is 0 Å². The summed E-state index contributed by atoms with van der Waals surface area (Å²) in [6.45, 7) is 2.50. The monoisotopic (exact) mass is 374 g/mol. The molecule has 142 valence electrons. The molecule has 1 amide bonds. The zero-order valence-electron chi connectivity index (χ0n) is 15.8. The molecule has 0 saturated heterocycles. The lowest BCUT2D eigenvalue weighted by atomic mass is 10.1. The third-order valence-corrected chi connectivity index (χ3v) is 4.95. The molecule has 1 aromatic carbocycles. The van der Waals surface area contributed by atoms with Gasteiger partial charge >= 0.3 is 0 Å². The van der Waals surface area contributed by atoms with Crippen molar-refractivity contribution in [3.05, 3.63) is 76.8 Å². The van der Waals surface area contributed by atoms with Gasteiger partial charge in [-0.15, -0.1) is 0 Å². The van der Waals surface area contributed by atoms with E-state index >= 15 is 0 Å². The smallest absolute Gasteiger partial charge is 0.276 e. The first-order valence-corrected chi connectivity index (χ1v) is 9.51. The molecule has 1 N–H and O–H groups in total. The Kier molecular flexibility index (Phi) is 4.93. The van der Waals surface area contributed by atoms with Gasteiger partial charge in [-0.25, -0.2) is 4.98 Å². The van der Waals surface area contributed by atoms with Gasteiger partial charge in [-0.3, -0.25) is 14.2 Å². The normalized spacial score (nSPS) is 11.2. The van der Waals surface area contributed by atoms with Crippen molar-refractivity contribution in [2.24, 2.45) is 0 Å². The summed E-state index contributed by atoms with van der Waals surface area (Å²) in [5.74, 6) is -0.0463. The van der Waals surface area contributed by atoms with Gasteiger partial charge in [0.05, 0.1) is 5.52 Å². The van der Waals surface area contributed by atoms with Crippen LogP contribution in [0.15, 0.2) is 65.7 Å². The van der Waals surface area contributed by atoms with Crippen LogP contribution in [0.4, 0.5) is 5.69 Å². The van der Waals surface area contributed by atoms with Crippen LogP contribution in [0.2, 0.25) is 0 Å². The summed E-state index contributed by atoms with van der Waals surface area (Å²) in [7, 11) is 0. The van der Waals surface area contributed by atoms with Gasteiger partial charge in [-0.05, 0) is 48.7 Å². The molecule has 0 aliphatic rings. The van der Waals surface area contributed by atoms with E-state index in [9.17, 15) is 9.59 Å². The molecule has 0 unspecified atom stereocenters. The van der Waals surface area contributed by atoms with Gasteiger partial charge in [0.1, 0.15) is 5.52 Å². The minimum absolute atomic E-state index is 0.0463. The van der Waals surface area contributed by atoms with E-state index in [2.05, 4.69) is 17.2 Å². The Labute approximate surface area is 162 Å². The van der Waals surface area contributed by atoms with E-state index in [0.717, 1.165) is 23.2 Å². The lowest BCUT2D eigenvalue weighted by molar-refractivity contribution is -0.116. The predicted octanol–water partition coefficient (Wildman–Crippen LogP) is 3.63. The number of fused-ring (bicyclic) bond motifs is 3. The minimum atomic E-state index is -0.0899. The van der Waals surface area contributed by atoms with E-state index in [0.29, 0.717) is 30.6 Å². The fourth-order valence-corrected chi connectivity index (χ4v) is 3.55. The van der Waals surface area contributed by atoms with Crippen LogP contribution in [0.1, 0.15) is 25.3 Å². The lowest BCUT2D eigenvalue weighted by Gasteiger charge is -2.12. The highest BCUT2D eigenvalue weighted by Gasteiger charge is 2.12. The largest absolute Gasteiger partial charge is 0.326 e. The van der Waals surface area contributed by atoms with Crippen molar-refractivity contribution in [1.82, 2.24) is 14.0 Å². The third-order valence-electron chi connectivity index (χ3n) is 4.95. The highest BCUT2D eigenvalue weighted by atomic mass is 16.1. The van der Waals surface area contributed by atoms with Crippen molar-refractivity contribution in [3.63, 3.8) is 0 Å². The van der Waals surface area contributed by atoms with E-state index < -0.39 is 0 Å². The quantitative estimate of drug-likeness (QED) is 0.560. The molecule has 4 aromatic rings. The number of aromatic nitrogens is 3. The number of amides is 1. The van der Waals surface area contributed by atoms with Crippen molar-refractivity contribution >= 4 is 28.3 Å². The van der Waals surface area contributed by atoms with Gasteiger partial charge in [0.2, 0.25) is 5.91 Å². The first-order valence-electron chi connectivity index (χ1n) is 9.51. The van der Waals surface area contributed by atoms with E-state index in [1.165, 1.54) is 0 Å². The molecule has 0 fully saturated rings. The maximum absolute atomic E-state index is 12.9. The molecule has 6 heteroatoms. The van der Waals surface area contributed by atoms with Gasteiger partial charge in [0, 0.05) is 31.0 Å². The summed E-state index contributed by atoms with van der Waals surface area (Å²) in [4.78, 5) is 29.6. The Morgan fingerprint density at radius 2 is 1.89 bits per heavy atom. The van der Waals surface area contributed by atoms with Gasteiger partial charge in [-0.1, -0.05) is 25.1 Å². The fraction of sp³-hybridized carbons (Fsp3) is 0.227. The second-order valence-corrected chi connectivity index (χ2v) is 6.73.